The molecule has 2 aliphatic heterocycles. The first-order valence-corrected chi connectivity index (χ1v) is 7.84. The molecular formula is C11H20N2O4S. The monoisotopic (exact) mass is 276 g/mol. The number of nitrogens with zero attached hydrogens (tertiary/aromatic N) is 2. The molecule has 2 saturated heterocycles. The van der Waals surface area contributed by atoms with Gasteiger partial charge in [-0.2, -0.15) is 17.0 Å². The number of hydrogen-bond donors (Lipinski definition) is 1. The number of carboxylic acids is 1. The van der Waals surface area contributed by atoms with Crippen molar-refractivity contribution >= 4 is 16.2 Å². The molecule has 6 nitrogen and oxygen atoms in total. The maximum Gasteiger partial charge on any atom is 0.308 e. The van der Waals surface area contributed by atoms with Crippen LogP contribution in [0.4, 0.5) is 0 Å². The maximum absolute atomic E-state index is 12.4. The Labute approximate surface area is 108 Å². The van der Waals surface area contributed by atoms with E-state index in [4.69, 9.17) is 5.11 Å². The van der Waals surface area contributed by atoms with Crippen LogP contribution in [0.1, 0.15) is 32.6 Å². The van der Waals surface area contributed by atoms with Gasteiger partial charge >= 0.3 is 5.97 Å². The highest BCUT2D eigenvalue weighted by atomic mass is 32.2. The van der Waals surface area contributed by atoms with Crippen LogP contribution in [0.2, 0.25) is 0 Å². The second kappa shape index (κ2) is 5.14. The SMILES string of the molecule is CC1C(C(=O)O)CCN1S(=O)(=O)N1CCCCC1. The summed E-state index contributed by atoms with van der Waals surface area (Å²) in [6, 6.07) is -0.450. The molecule has 1 N–H and O–H groups in total. The molecule has 2 aliphatic rings. The van der Waals surface area contributed by atoms with Crippen molar-refractivity contribution in [1.29, 1.82) is 0 Å². The predicted octanol–water partition coefficient (Wildman–Crippen LogP) is 0.512. The molecule has 2 atom stereocenters. The third-order valence-electron chi connectivity index (χ3n) is 3.95. The Balaban J connectivity index is 2.13. The largest absolute Gasteiger partial charge is 0.481 e. The van der Waals surface area contributed by atoms with E-state index >= 15 is 0 Å². The third-order valence-corrected chi connectivity index (χ3v) is 6.08. The molecule has 18 heavy (non-hydrogen) atoms. The standard InChI is InChI=1S/C11H20N2O4S/c1-9-10(11(14)15)5-8-13(9)18(16,17)12-6-3-2-4-7-12/h9-10H,2-8H2,1H3,(H,14,15). The van der Waals surface area contributed by atoms with Crippen LogP contribution in [0, 0.1) is 5.92 Å². The van der Waals surface area contributed by atoms with Gasteiger partial charge < -0.3 is 5.11 Å². The average Bonchev–Trinajstić information content (AvgIpc) is 2.73. The van der Waals surface area contributed by atoms with Crippen LogP contribution >= 0.6 is 0 Å². The fraction of sp³-hybridized carbons (Fsp3) is 0.909. The molecular weight excluding hydrogens is 256 g/mol. The second-order valence-corrected chi connectivity index (χ2v) is 6.93. The van der Waals surface area contributed by atoms with Crippen molar-refractivity contribution in [2.75, 3.05) is 19.6 Å². The number of hydrogen-bond acceptors (Lipinski definition) is 3. The Morgan fingerprint density at radius 3 is 2.28 bits per heavy atom. The van der Waals surface area contributed by atoms with Gasteiger partial charge in [-0.15, -0.1) is 0 Å². The predicted molar refractivity (Wildman–Crippen MR) is 66.3 cm³/mol. The van der Waals surface area contributed by atoms with Crippen molar-refractivity contribution in [2.24, 2.45) is 5.92 Å². The summed E-state index contributed by atoms with van der Waals surface area (Å²) in [5, 5.41) is 9.04. The highest BCUT2D eigenvalue weighted by Crippen LogP contribution is 2.29. The number of carbonyl (C=O) groups is 1. The Hall–Kier alpha value is -0.660. The van der Waals surface area contributed by atoms with E-state index in [1.807, 2.05) is 0 Å². The number of carboxylic acid groups (broad SMARTS) is 1. The Bertz CT molecular complexity index is 417. The zero-order valence-electron chi connectivity index (χ0n) is 10.6. The van der Waals surface area contributed by atoms with Crippen LogP contribution in [0.15, 0.2) is 0 Å². The molecule has 0 spiro atoms. The first-order chi connectivity index (χ1) is 8.44. The van der Waals surface area contributed by atoms with Gasteiger partial charge in [-0.05, 0) is 26.2 Å². The van der Waals surface area contributed by atoms with Gasteiger partial charge in [0.05, 0.1) is 5.92 Å². The molecule has 2 unspecified atom stereocenters. The summed E-state index contributed by atoms with van der Waals surface area (Å²) in [6.07, 6.45) is 3.26. The van der Waals surface area contributed by atoms with E-state index in [1.165, 1.54) is 8.61 Å². The third kappa shape index (κ3) is 2.39. The van der Waals surface area contributed by atoms with Gasteiger partial charge in [0.15, 0.2) is 0 Å². The second-order valence-electron chi connectivity index (χ2n) is 5.05. The lowest BCUT2D eigenvalue weighted by atomic mass is 10.0. The molecule has 104 valence electrons. The van der Waals surface area contributed by atoms with Gasteiger partial charge in [-0.1, -0.05) is 6.42 Å². The van der Waals surface area contributed by atoms with Crippen LogP contribution in [0.5, 0.6) is 0 Å². The zero-order chi connectivity index (χ0) is 13.3. The van der Waals surface area contributed by atoms with Gasteiger partial charge in [0.25, 0.3) is 10.2 Å². The van der Waals surface area contributed by atoms with Crippen molar-refractivity contribution < 1.29 is 18.3 Å². The van der Waals surface area contributed by atoms with Crippen molar-refractivity contribution in [2.45, 2.75) is 38.6 Å². The van der Waals surface area contributed by atoms with Crippen molar-refractivity contribution in [3.8, 4) is 0 Å². The van der Waals surface area contributed by atoms with Crippen LogP contribution in [0.3, 0.4) is 0 Å². The molecule has 7 heteroatoms. The summed E-state index contributed by atoms with van der Waals surface area (Å²) in [5.74, 6) is -1.48. The van der Waals surface area contributed by atoms with Crippen LogP contribution < -0.4 is 0 Å². The molecule has 0 aromatic rings. The summed E-state index contributed by atoms with van der Waals surface area (Å²) in [6.45, 7) is 3.12. The van der Waals surface area contributed by atoms with Gasteiger partial charge in [-0.3, -0.25) is 4.79 Å². The summed E-state index contributed by atoms with van der Waals surface area (Å²) in [5.41, 5.74) is 0. The Morgan fingerprint density at radius 2 is 1.78 bits per heavy atom. The van der Waals surface area contributed by atoms with E-state index < -0.39 is 28.1 Å². The normalized spacial score (nSPS) is 31.6. The minimum absolute atomic E-state index is 0.316. The summed E-state index contributed by atoms with van der Waals surface area (Å²) < 4.78 is 27.7. The van der Waals surface area contributed by atoms with Gasteiger partial charge in [0, 0.05) is 25.7 Å². The summed E-state index contributed by atoms with van der Waals surface area (Å²) >= 11 is 0. The molecule has 2 heterocycles. The molecule has 2 fully saturated rings. The molecule has 0 amide bonds. The van der Waals surface area contributed by atoms with Crippen LogP contribution in [-0.2, 0) is 15.0 Å². The maximum atomic E-state index is 12.4. The summed E-state index contributed by atoms with van der Waals surface area (Å²) in [4.78, 5) is 11.0. The first kappa shape index (κ1) is 13.8. The first-order valence-electron chi connectivity index (χ1n) is 6.44. The molecule has 0 bridgehead atoms. The Kier molecular flexibility index (Phi) is 3.93. The Morgan fingerprint density at radius 1 is 1.17 bits per heavy atom. The lowest BCUT2D eigenvalue weighted by molar-refractivity contribution is -0.142. The summed E-state index contributed by atoms with van der Waals surface area (Å²) in [7, 11) is -3.47. The lowest BCUT2D eigenvalue weighted by Crippen LogP contribution is -2.48. The number of piperidine rings is 1. The van der Waals surface area contributed by atoms with E-state index in [9.17, 15) is 13.2 Å². The van der Waals surface area contributed by atoms with E-state index in [0.29, 0.717) is 26.1 Å². The van der Waals surface area contributed by atoms with Crippen molar-refractivity contribution in [3.63, 3.8) is 0 Å². The van der Waals surface area contributed by atoms with Gasteiger partial charge in [0.2, 0.25) is 0 Å². The molecule has 0 radical (unpaired) electrons. The molecule has 2 rings (SSSR count). The molecule has 0 aromatic carbocycles. The number of aliphatic carboxylic acids is 1. The molecule has 0 saturated carbocycles. The van der Waals surface area contributed by atoms with Crippen LogP contribution in [0.25, 0.3) is 0 Å². The fourth-order valence-electron chi connectivity index (χ4n) is 2.81. The van der Waals surface area contributed by atoms with E-state index in [-0.39, 0.29) is 0 Å². The number of rotatable bonds is 3. The van der Waals surface area contributed by atoms with Crippen LogP contribution in [-0.4, -0.2) is 53.8 Å². The average molecular weight is 276 g/mol. The quantitative estimate of drug-likeness (QED) is 0.815. The highest BCUT2D eigenvalue weighted by Gasteiger charge is 2.43. The van der Waals surface area contributed by atoms with E-state index in [2.05, 4.69) is 0 Å². The smallest absolute Gasteiger partial charge is 0.308 e. The van der Waals surface area contributed by atoms with Gasteiger partial charge in [-0.25, -0.2) is 0 Å². The molecule has 0 aliphatic carbocycles. The lowest BCUT2D eigenvalue weighted by Gasteiger charge is -2.32. The van der Waals surface area contributed by atoms with E-state index in [1.54, 1.807) is 6.92 Å². The topological polar surface area (TPSA) is 77.9 Å². The van der Waals surface area contributed by atoms with E-state index in [0.717, 1.165) is 19.3 Å². The van der Waals surface area contributed by atoms with Crippen molar-refractivity contribution in [3.05, 3.63) is 0 Å². The fourth-order valence-corrected chi connectivity index (χ4v) is 4.73. The van der Waals surface area contributed by atoms with Crippen molar-refractivity contribution in [1.82, 2.24) is 8.61 Å². The minimum atomic E-state index is -3.47. The highest BCUT2D eigenvalue weighted by molar-refractivity contribution is 7.86. The molecule has 0 aromatic heterocycles. The van der Waals surface area contributed by atoms with Gasteiger partial charge in [0.1, 0.15) is 0 Å². The minimum Gasteiger partial charge on any atom is -0.481 e. The zero-order valence-corrected chi connectivity index (χ0v) is 11.4.